The molecule has 1 fully saturated rings. The van der Waals surface area contributed by atoms with Crippen LogP contribution in [0.4, 0.5) is 0 Å². The van der Waals surface area contributed by atoms with Gasteiger partial charge in [0.25, 0.3) is 0 Å². The number of hydrogen-bond donors (Lipinski definition) is 2. The van der Waals surface area contributed by atoms with E-state index in [0.29, 0.717) is 6.04 Å². The number of piperidine rings is 1. The van der Waals surface area contributed by atoms with Crippen molar-refractivity contribution >= 4 is 0 Å². The van der Waals surface area contributed by atoms with E-state index >= 15 is 0 Å². The summed E-state index contributed by atoms with van der Waals surface area (Å²) in [6.07, 6.45) is 2.68. The Morgan fingerprint density at radius 2 is 1.88 bits per heavy atom. The summed E-state index contributed by atoms with van der Waals surface area (Å²) in [6.45, 7) is 13.9. The van der Waals surface area contributed by atoms with Crippen molar-refractivity contribution in [1.82, 2.24) is 15.5 Å². The molecule has 1 rings (SSSR count). The van der Waals surface area contributed by atoms with Crippen molar-refractivity contribution in [2.45, 2.75) is 39.7 Å². The molecule has 3 heteroatoms. The van der Waals surface area contributed by atoms with Crippen LogP contribution in [0.5, 0.6) is 0 Å². The number of nitrogens with zero attached hydrogens (tertiary/aromatic N) is 1. The highest BCUT2D eigenvalue weighted by Crippen LogP contribution is 2.10. The fourth-order valence-electron chi connectivity index (χ4n) is 2.39. The molecule has 0 aromatic rings. The summed E-state index contributed by atoms with van der Waals surface area (Å²) < 4.78 is 0. The van der Waals surface area contributed by atoms with E-state index in [1.807, 2.05) is 0 Å². The highest BCUT2D eigenvalue weighted by Gasteiger charge is 2.14. The SMILES string of the molecule is CCN(CC)CC(C)NCC1CCNCC1. The molecular weight excluding hydrogens is 198 g/mol. The molecule has 1 unspecified atom stereocenters. The van der Waals surface area contributed by atoms with Crippen molar-refractivity contribution in [1.29, 1.82) is 0 Å². The smallest absolute Gasteiger partial charge is 0.0166 e. The second-order valence-electron chi connectivity index (χ2n) is 4.99. The van der Waals surface area contributed by atoms with Crippen molar-refractivity contribution in [3.8, 4) is 0 Å². The average Bonchev–Trinajstić information content (AvgIpc) is 2.34. The van der Waals surface area contributed by atoms with Crippen LogP contribution in [0.1, 0.15) is 33.6 Å². The van der Waals surface area contributed by atoms with Crippen LogP contribution in [0.15, 0.2) is 0 Å². The van der Waals surface area contributed by atoms with Gasteiger partial charge in [0.2, 0.25) is 0 Å². The molecule has 1 aliphatic heterocycles. The minimum Gasteiger partial charge on any atom is -0.317 e. The van der Waals surface area contributed by atoms with Crippen molar-refractivity contribution in [3.63, 3.8) is 0 Å². The van der Waals surface area contributed by atoms with Crippen LogP contribution in [0, 0.1) is 5.92 Å². The Bertz CT molecular complexity index is 163. The predicted octanol–water partition coefficient (Wildman–Crippen LogP) is 1.31. The first kappa shape index (κ1) is 13.9. The summed E-state index contributed by atoms with van der Waals surface area (Å²) >= 11 is 0. The van der Waals surface area contributed by atoms with E-state index in [0.717, 1.165) is 19.0 Å². The molecule has 0 bridgehead atoms. The van der Waals surface area contributed by atoms with Gasteiger partial charge in [0.15, 0.2) is 0 Å². The minimum atomic E-state index is 0.620. The third-order valence-corrected chi connectivity index (χ3v) is 3.64. The van der Waals surface area contributed by atoms with E-state index in [1.54, 1.807) is 0 Å². The molecule has 0 aromatic heterocycles. The lowest BCUT2D eigenvalue weighted by Crippen LogP contribution is -2.42. The van der Waals surface area contributed by atoms with Gasteiger partial charge in [-0.25, -0.2) is 0 Å². The summed E-state index contributed by atoms with van der Waals surface area (Å²) in [5.74, 6) is 0.889. The van der Waals surface area contributed by atoms with E-state index in [4.69, 9.17) is 0 Å². The molecule has 1 saturated heterocycles. The molecule has 0 radical (unpaired) electrons. The zero-order chi connectivity index (χ0) is 11.8. The fourth-order valence-corrected chi connectivity index (χ4v) is 2.39. The van der Waals surface area contributed by atoms with Crippen LogP contribution in [0.3, 0.4) is 0 Å². The van der Waals surface area contributed by atoms with Gasteiger partial charge in [-0.2, -0.15) is 0 Å². The quantitative estimate of drug-likeness (QED) is 0.686. The molecular formula is C13H29N3. The molecule has 96 valence electrons. The Morgan fingerprint density at radius 1 is 1.25 bits per heavy atom. The van der Waals surface area contributed by atoms with E-state index < -0.39 is 0 Å². The van der Waals surface area contributed by atoms with Crippen molar-refractivity contribution < 1.29 is 0 Å². The maximum atomic E-state index is 3.68. The Labute approximate surface area is 101 Å². The molecule has 1 heterocycles. The topological polar surface area (TPSA) is 27.3 Å². The third kappa shape index (κ3) is 5.28. The lowest BCUT2D eigenvalue weighted by molar-refractivity contribution is 0.259. The molecule has 0 amide bonds. The van der Waals surface area contributed by atoms with Crippen molar-refractivity contribution in [2.75, 3.05) is 39.3 Å². The maximum absolute atomic E-state index is 3.68. The molecule has 0 aromatic carbocycles. The monoisotopic (exact) mass is 227 g/mol. The molecule has 0 spiro atoms. The average molecular weight is 227 g/mol. The van der Waals surface area contributed by atoms with Crippen LogP contribution in [0.2, 0.25) is 0 Å². The first-order chi connectivity index (χ1) is 7.76. The standard InChI is InChI=1S/C13H29N3/c1-4-16(5-2)11-12(3)15-10-13-6-8-14-9-7-13/h12-15H,4-11H2,1-3H3. The van der Waals surface area contributed by atoms with Crippen LogP contribution >= 0.6 is 0 Å². The number of hydrogen-bond acceptors (Lipinski definition) is 3. The molecule has 1 aliphatic rings. The number of rotatable bonds is 7. The van der Waals surface area contributed by atoms with Crippen LogP contribution in [-0.4, -0.2) is 50.2 Å². The molecule has 0 saturated carbocycles. The van der Waals surface area contributed by atoms with Gasteiger partial charge in [-0.1, -0.05) is 13.8 Å². The lowest BCUT2D eigenvalue weighted by Gasteiger charge is -2.27. The first-order valence-electron chi connectivity index (χ1n) is 6.92. The van der Waals surface area contributed by atoms with Crippen LogP contribution in [0.25, 0.3) is 0 Å². The zero-order valence-corrected chi connectivity index (χ0v) is 11.3. The van der Waals surface area contributed by atoms with Gasteiger partial charge in [0, 0.05) is 12.6 Å². The van der Waals surface area contributed by atoms with E-state index in [2.05, 4.69) is 36.3 Å². The number of nitrogens with one attached hydrogen (secondary N) is 2. The predicted molar refractivity (Wildman–Crippen MR) is 70.8 cm³/mol. The second kappa shape index (κ2) is 8.04. The Hall–Kier alpha value is -0.120. The van der Waals surface area contributed by atoms with Crippen LogP contribution < -0.4 is 10.6 Å². The van der Waals surface area contributed by atoms with E-state index in [9.17, 15) is 0 Å². The summed E-state index contributed by atoms with van der Waals surface area (Å²) in [7, 11) is 0. The lowest BCUT2D eigenvalue weighted by atomic mass is 9.98. The van der Waals surface area contributed by atoms with Crippen molar-refractivity contribution in [3.05, 3.63) is 0 Å². The van der Waals surface area contributed by atoms with Gasteiger partial charge >= 0.3 is 0 Å². The fraction of sp³-hybridized carbons (Fsp3) is 1.00. The number of likely N-dealkylation sites (N-methyl/N-ethyl adjacent to an activating group) is 1. The summed E-state index contributed by atoms with van der Waals surface area (Å²) in [5.41, 5.74) is 0. The summed E-state index contributed by atoms with van der Waals surface area (Å²) in [4.78, 5) is 2.49. The third-order valence-electron chi connectivity index (χ3n) is 3.64. The zero-order valence-electron chi connectivity index (χ0n) is 11.3. The minimum absolute atomic E-state index is 0.620. The molecule has 3 nitrogen and oxygen atoms in total. The van der Waals surface area contributed by atoms with E-state index in [1.165, 1.54) is 39.0 Å². The largest absolute Gasteiger partial charge is 0.317 e. The highest BCUT2D eigenvalue weighted by molar-refractivity contribution is 4.73. The normalized spacial score (nSPS) is 20.2. The van der Waals surface area contributed by atoms with Crippen molar-refractivity contribution in [2.24, 2.45) is 5.92 Å². The first-order valence-corrected chi connectivity index (χ1v) is 6.92. The van der Waals surface area contributed by atoms with Gasteiger partial charge in [-0.15, -0.1) is 0 Å². The molecule has 1 atom stereocenters. The van der Waals surface area contributed by atoms with Gasteiger partial charge < -0.3 is 15.5 Å². The maximum Gasteiger partial charge on any atom is 0.0166 e. The Morgan fingerprint density at radius 3 is 2.44 bits per heavy atom. The Kier molecular flexibility index (Phi) is 7.01. The van der Waals surface area contributed by atoms with Gasteiger partial charge in [0.1, 0.15) is 0 Å². The second-order valence-corrected chi connectivity index (χ2v) is 4.99. The van der Waals surface area contributed by atoms with Gasteiger partial charge in [-0.3, -0.25) is 0 Å². The van der Waals surface area contributed by atoms with Crippen LogP contribution in [-0.2, 0) is 0 Å². The molecule has 0 aliphatic carbocycles. The van der Waals surface area contributed by atoms with Gasteiger partial charge in [-0.05, 0) is 58.4 Å². The summed E-state index contributed by atoms with van der Waals surface area (Å²) in [5, 5.41) is 7.10. The summed E-state index contributed by atoms with van der Waals surface area (Å²) in [6, 6.07) is 0.620. The molecule has 2 N–H and O–H groups in total. The van der Waals surface area contributed by atoms with Gasteiger partial charge in [0.05, 0.1) is 0 Å². The Balaban J connectivity index is 2.10. The highest BCUT2D eigenvalue weighted by atomic mass is 15.1. The van der Waals surface area contributed by atoms with E-state index in [-0.39, 0.29) is 0 Å². The molecule has 16 heavy (non-hydrogen) atoms.